The molecule has 0 unspecified atom stereocenters. The molecule has 0 N–H and O–H groups in total. The number of hydrogen-bond donors (Lipinski definition) is 0. The largest absolute Gasteiger partial charge is 0.00711 e. The fourth-order valence-electron chi connectivity index (χ4n) is 0. The van der Waals surface area contributed by atoms with Crippen LogP contribution in [0.3, 0.4) is 0 Å². The SMILES string of the molecule is BrI.BrI.[Ag].[Ag]. The van der Waals surface area contributed by atoms with Gasteiger partial charge in [-0.1, -0.05) is 0 Å². The number of rotatable bonds is 0. The van der Waals surface area contributed by atoms with Crippen molar-refractivity contribution in [3.63, 3.8) is 0 Å². The first kappa shape index (κ1) is 22.5. The number of halogens is 4. The zero-order chi connectivity index (χ0) is 4.00. The first-order chi connectivity index (χ1) is 2.00. The van der Waals surface area contributed by atoms with Crippen LogP contribution in [-0.2, 0) is 44.8 Å². The third kappa shape index (κ3) is 24.7. The van der Waals surface area contributed by atoms with E-state index in [2.05, 4.69) is 25.4 Å². The van der Waals surface area contributed by atoms with Crippen LogP contribution in [-0.4, -0.2) is 0 Å². The summed E-state index contributed by atoms with van der Waals surface area (Å²) in [7, 11) is 0. The van der Waals surface area contributed by atoms with Crippen molar-refractivity contribution in [1.82, 2.24) is 0 Å². The van der Waals surface area contributed by atoms with E-state index in [1.807, 2.05) is 40.7 Å². The van der Waals surface area contributed by atoms with Crippen LogP contribution in [0.2, 0.25) is 0 Å². The summed E-state index contributed by atoms with van der Waals surface area (Å²) in [5.41, 5.74) is 0. The van der Waals surface area contributed by atoms with Crippen molar-refractivity contribution in [2.24, 2.45) is 0 Å². The van der Waals surface area contributed by atoms with Gasteiger partial charge in [0, 0.05) is 85.5 Å². The van der Waals surface area contributed by atoms with Gasteiger partial charge >= 0.3 is 0 Å². The van der Waals surface area contributed by atoms with Crippen LogP contribution < -0.4 is 0 Å². The van der Waals surface area contributed by atoms with Crippen molar-refractivity contribution >= 4 is 66.1 Å². The van der Waals surface area contributed by atoms with Gasteiger partial charge < -0.3 is 0 Å². The van der Waals surface area contributed by atoms with Gasteiger partial charge in [0.1, 0.15) is 0 Å². The van der Waals surface area contributed by atoms with E-state index in [1.165, 1.54) is 0 Å². The molecule has 0 rings (SSSR count). The van der Waals surface area contributed by atoms with E-state index >= 15 is 0 Å². The Kier molecular flexibility index (Phi) is 137. The summed E-state index contributed by atoms with van der Waals surface area (Å²) in [5, 5.41) is 0. The minimum atomic E-state index is 0. The van der Waals surface area contributed by atoms with Gasteiger partial charge in [-0.3, -0.25) is 0 Å². The molecule has 0 spiro atoms. The molecule has 2 radical (unpaired) electrons. The standard InChI is InChI=1S/2Ag.2BrI/c;;2*1-2. The predicted molar refractivity (Wildman–Crippen MR) is 45.9 cm³/mol. The molecular formula is Ag2Br2I2. The molecule has 0 bridgehead atoms. The van der Waals surface area contributed by atoms with Crippen LogP contribution >= 0.6 is 66.1 Å². The van der Waals surface area contributed by atoms with Gasteiger partial charge in [-0.25, -0.2) is 0 Å². The predicted octanol–water partition coefficient (Wildman–Crippen LogP) is 3.46. The maximum atomic E-state index is 2.91. The molecule has 0 aromatic carbocycles. The van der Waals surface area contributed by atoms with Crippen LogP contribution in [0.15, 0.2) is 0 Å². The average Bonchev–Trinajstić information content (AvgIpc) is 1.50. The summed E-state index contributed by atoms with van der Waals surface area (Å²) in [6, 6.07) is 0. The normalized spacial score (nSPS) is 2.00. The Hall–Kier alpha value is 3.90. The quantitative estimate of drug-likeness (QED) is 0.285. The summed E-state index contributed by atoms with van der Waals surface area (Å²) in [6.07, 6.45) is 0. The van der Waals surface area contributed by atoms with E-state index < -0.39 is 0 Å². The molecule has 0 aromatic rings. The molecule has 0 saturated heterocycles. The van der Waals surface area contributed by atoms with Crippen LogP contribution in [0.4, 0.5) is 0 Å². The number of hydrogen-bond acceptors (Lipinski definition) is 0. The van der Waals surface area contributed by atoms with Crippen LogP contribution in [0.1, 0.15) is 0 Å². The van der Waals surface area contributed by atoms with Gasteiger partial charge in [0.05, 0.1) is 0 Å². The molecule has 0 aliphatic heterocycles. The molecule has 0 saturated carbocycles. The van der Waals surface area contributed by atoms with Crippen LogP contribution in [0, 0.1) is 0 Å². The van der Waals surface area contributed by atoms with Gasteiger partial charge in [-0.2, -0.15) is 0 Å². The Bertz CT molecular complexity index is 9.51. The molecule has 50 valence electrons. The fraction of sp³-hybridized carbons (Fsp3) is 0. The maximum absolute atomic E-state index is 2.91. The minimum Gasteiger partial charge on any atom is -0.00711 e. The van der Waals surface area contributed by atoms with Gasteiger partial charge in [-0.05, 0) is 25.4 Å². The topological polar surface area (TPSA) is 0 Å². The zero-order valence-electron chi connectivity index (χ0n) is 2.11. The second-order valence-electron chi connectivity index (χ2n) is 0. The molecule has 0 atom stereocenters. The molecule has 0 nitrogen and oxygen atoms in total. The maximum Gasteiger partial charge on any atom is 0.00711 e. The molecule has 0 amide bonds. The van der Waals surface area contributed by atoms with E-state index in [-0.39, 0.29) is 44.8 Å². The smallest absolute Gasteiger partial charge is 0.00711 e. The molecule has 6 heteroatoms. The Morgan fingerprint density at radius 3 is 0.667 bits per heavy atom. The van der Waals surface area contributed by atoms with Crippen molar-refractivity contribution in [1.29, 1.82) is 0 Å². The molecule has 0 aliphatic rings. The zero-order valence-corrected chi connectivity index (χ0v) is 12.6. The second kappa shape index (κ2) is 36.5. The van der Waals surface area contributed by atoms with E-state index in [4.69, 9.17) is 0 Å². The fourth-order valence-corrected chi connectivity index (χ4v) is 0. The summed E-state index contributed by atoms with van der Waals surface area (Å²) in [5.74, 6) is 0. The average molecular weight is 629 g/mol. The molecule has 6 heavy (non-hydrogen) atoms. The third-order valence-corrected chi connectivity index (χ3v) is 0. The van der Waals surface area contributed by atoms with Gasteiger partial charge in [0.15, 0.2) is 0 Å². The Labute approximate surface area is 108 Å². The van der Waals surface area contributed by atoms with Gasteiger partial charge in [0.25, 0.3) is 0 Å². The molecule has 0 aliphatic carbocycles. The van der Waals surface area contributed by atoms with E-state index in [1.54, 1.807) is 0 Å². The molecule has 0 aromatic heterocycles. The molecule has 0 fully saturated rings. The summed E-state index contributed by atoms with van der Waals surface area (Å²) in [4.78, 5) is 0. The van der Waals surface area contributed by atoms with Crippen molar-refractivity contribution in [2.45, 2.75) is 0 Å². The summed E-state index contributed by atoms with van der Waals surface area (Å²) < 4.78 is 0. The van der Waals surface area contributed by atoms with Gasteiger partial charge in [-0.15, -0.1) is 0 Å². The Morgan fingerprint density at radius 2 is 0.667 bits per heavy atom. The first-order valence-electron chi connectivity index (χ1n) is 0.286. The monoisotopic (exact) mass is 625 g/mol. The van der Waals surface area contributed by atoms with E-state index in [9.17, 15) is 0 Å². The van der Waals surface area contributed by atoms with Crippen molar-refractivity contribution in [2.75, 3.05) is 0 Å². The second-order valence-corrected chi connectivity index (χ2v) is 0. The molecule has 0 heterocycles. The first-order valence-corrected chi connectivity index (χ1v) is 9.96. The van der Waals surface area contributed by atoms with E-state index in [0.29, 0.717) is 0 Å². The van der Waals surface area contributed by atoms with Crippen molar-refractivity contribution in [3.05, 3.63) is 0 Å². The minimum absolute atomic E-state index is 0. The molecular weight excluding hydrogens is 629 g/mol. The van der Waals surface area contributed by atoms with Crippen molar-refractivity contribution < 1.29 is 44.8 Å². The van der Waals surface area contributed by atoms with Crippen LogP contribution in [0.5, 0.6) is 0 Å². The third-order valence-electron chi connectivity index (χ3n) is 0. The Morgan fingerprint density at radius 1 is 0.667 bits per heavy atom. The van der Waals surface area contributed by atoms with Crippen LogP contribution in [0.25, 0.3) is 0 Å². The Balaban J connectivity index is -0.00000000500. The van der Waals surface area contributed by atoms with Gasteiger partial charge in [0.2, 0.25) is 0 Å². The van der Waals surface area contributed by atoms with Crippen molar-refractivity contribution in [3.8, 4) is 0 Å². The summed E-state index contributed by atoms with van der Waals surface area (Å²) >= 11 is 9.74. The summed E-state index contributed by atoms with van der Waals surface area (Å²) in [6.45, 7) is 0. The van der Waals surface area contributed by atoms with E-state index in [0.717, 1.165) is 0 Å².